The number of fused-ring (bicyclic) bond motifs is 4. The number of aryl methyl sites for hydroxylation is 2. The average molecular weight is 1090 g/mol. The summed E-state index contributed by atoms with van der Waals surface area (Å²) in [7, 11) is 6.82. The Bertz CT molecular complexity index is 2380. The largest absolute Gasteiger partial charge is 0.469 e. The Hall–Kier alpha value is -3.92. The first-order valence-electron chi connectivity index (χ1n) is 30.9. The monoisotopic (exact) mass is 1080 g/mol. The summed E-state index contributed by atoms with van der Waals surface area (Å²) in [6, 6.07) is 0. The van der Waals surface area contributed by atoms with Gasteiger partial charge in [0.1, 0.15) is 39.5 Å². The second kappa shape index (κ2) is 21.8. The van der Waals surface area contributed by atoms with E-state index in [0.717, 1.165) is 101 Å². The maximum Gasteiger partial charge on any atom is 0.351 e. The molecule has 2 unspecified atom stereocenters. The van der Waals surface area contributed by atoms with E-state index < -0.39 is 0 Å². The smallest absolute Gasteiger partial charge is 0.351 e. The number of methoxy groups -OCH3 is 2. The van der Waals surface area contributed by atoms with Crippen molar-refractivity contribution >= 4 is 23.9 Å². The Morgan fingerprint density at radius 3 is 1.41 bits per heavy atom. The number of ether oxygens (including phenoxy) is 6. The molecule has 432 valence electrons. The fourth-order valence-corrected chi connectivity index (χ4v) is 20.7. The van der Waals surface area contributed by atoms with E-state index in [1.165, 1.54) is 39.9 Å². The van der Waals surface area contributed by atoms with E-state index in [-0.39, 0.29) is 94.9 Å². The molecule has 14 rings (SSSR count). The van der Waals surface area contributed by atoms with Gasteiger partial charge in [-0.25, -0.2) is 9.59 Å². The van der Waals surface area contributed by atoms with Gasteiger partial charge in [0.05, 0.1) is 36.9 Å². The van der Waals surface area contributed by atoms with Crippen LogP contribution in [0.3, 0.4) is 0 Å². The SMILES string of the molecule is COC(=O)CC[C@@H](C)[C@H]1CC[C@H]2[C@@H]3CCC4C[C@H]5CC[C@]4(C)[C@H]3C[C@H](OC(=O)C[n+]3cc(n(C)n3)CO[C@@H]3CC[C@@]4(C)C(CC[C@H]6[C@@H]7CC[C@H]([C@H](C)CCC(=O)OC)[C@@]7(C)[C@H](C[C@@H]64)OC(=O)C[n+]4cc(n(C)n4)CO5)C3)[C@]12C. The molecule has 0 amide bonds. The lowest BCUT2D eigenvalue weighted by molar-refractivity contribution is -0.745. The zero-order valence-corrected chi connectivity index (χ0v) is 49.1. The van der Waals surface area contributed by atoms with Crippen molar-refractivity contribution in [2.75, 3.05) is 14.2 Å². The molecule has 16 nitrogen and oxygen atoms in total. The van der Waals surface area contributed by atoms with Crippen molar-refractivity contribution in [1.29, 1.82) is 0 Å². The molecule has 14 bridgehead atoms. The van der Waals surface area contributed by atoms with Crippen molar-refractivity contribution in [3.05, 3.63) is 23.8 Å². The van der Waals surface area contributed by atoms with Gasteiger partial charge in [0, 0.05) is 23.7 Å². The molecule has 8 fully saturated rings. The van der Waals surface area contributed by atoms with Crippen LogP contribution in [0.5, 0.6) is 0 Å². The third kappa shape index (κ3) is 9.87. The van der Waals surface area contributed by atoms with E-state index in [1.807, 2.05) is 35.9 Å². The van der Waals surface area contributed by atoms with Crippen LogP contribution in [-0.4, -0.2) is 82.3 Å². The Morgan fingerprint density at radius 2 is 1.01 bits per heavy atom. The van der Waals surface area contributed by atoms with Crippen LogP contribution in [0.15, 0.2) is 12.4 Å². The van der Waals surface area contributed by atoms with Crippen LogP contribution >= 0.6 is 0 Å². The van der Waals surface area contributed by atoms with Gasteiger partial charge in [-0.05, 0) is 197 Å². The first-order chi connectivity index (χ1) is 37.3. The lowest BCUT2D eigenvalue weighted by Gasteiger charge is -2.63. The standard InChI is InChI=1S/C62H96N6O10/c1-37(11-21-55(69)73-9)47-17-19-49-45-15-13-39-27-43-23-25-59(39,3)51(45)29-53(61(47,49)5)77-57(71)33-67-31-41(65(7)63-67)35-76-44-24-26-60(4)40(28-44)14-16-46-50-20-18-48(38(2)12-22-56(70)74-10)62(50,6)54(30-52(46)60)78-58(72)34-68-32-42(36-75-43)66(8)64-68/h31-32,37-40,43-54H,11-30,33-36H2,1-10H3/q+2/t37-,38-,39?,40?,43-,44-,45+,46+,47-,48-,49+,50+,51+,52+,53+,54+,59+,60+,61-,62-/m1/s1. The first-order valence-corrected chi connectivity index (χ1v) is 30.9. The number of esters is 4. The number of hydrogen-bond acceptors (Lipinski definition) is 12. The minimum absolute atomic E-state index is 0.0349. The van der Waals surface area contributed by atoms with Crippen LogP contribution in [0.2, 0.25) is 0 Å². The summed E-state index contributed by atoms with van der Waals surface area (Å²) in [5, 5.41) is 9.63. The second-order valence-electron chi connectivity index (χ2n) is 28.1. The predicted molar refractivity (Wildman–Crippen MR) is 286 cm³/mol. The lowest BCUT2D eigenvalue weighted by atomic mass is 9.43. The minimum atomic E-state index is -0.241. The zero-order chi connectivity index (χ0) is 55.1. The van der Waals surface area contributed by atoms with Gasteiger partial charge in [-0.3, -0.25) is 9.59 Å². The third-order valence-electron chi connectivity index (χ3n) is 25.0. The average Bonchev–Trinajstić information content (AvgIpc) is 4.34. The zero-order valence-electron chi connectivity index (χ0n) is 49.1. The molecule has 20 atom stereocenters. The molecule has 0 radical (unpaired) electrons. The number of carbonyl (C=O) groups is 4. The van der Waals surface area contributed by atoms with E-state index >= 15 is 0 Å². The minimum Gasteiger partial charge on any atom is -0.469 e. The quantitative estimate of drug-likeness (QED) is 0.140. The summed E-state index contributed by atoms with van der Waals surface area (Å²) in [5.74, 6) is 4.23. The molecular weight excluding hydrogens is 989 g/mol. The fourth-order valence-electron chi connectivity index (χ4n) is 20.7. The van der Waals surface area contributed by atoms with Crippen molar-refractivity contribution in [3.63, 3.8) is 0 Å². The van der Waals surface area contributed by atoms with Gasteiger partial charge >= 0.3 is 23.9 Å². The van der Waals surface area contributed by atoms with Crippen LogP contribution in [0.1, 0.15) is 181 Å². The third-order valence-corrected chi connectivity index (χ3v) is 25.0. The molecule has 12 aliphatic rings. The van der Waals surface area contributed by atoms with Gasteiger partial charge in [-0.1, -0.05) is 41.5 Å². The molecule has 78 heavy (non-hydrogen) atoms. The molecule has 0 spiro atoms. The van der Waals surface area contributed by atoms with E-state index in [9.17, 15) is 19.2 Å². The first kappa shape index (κ1) is 56.0. The van der Waals surface area contributed by atoms with Gasteiger partial charge < -0.3 is 28.4 Å². The molecular formula is C62H96N6O10+2. The van der Waals surface area contributed by atoms with Crippen LogP contribution in [0.25, 0.3) is 0 Å². The lowest BCUT2D eigenvalue weighted by Crippen LogP contribution is -2.60. The summed E-state index contributed by atoms with van der Waals surface area (Å²) in [5.41, 5.74) is 1.62. The number of nitrogens with zero attached hydrogens (tertiary/aromatic N) is 6. The molecule has 2 aromatic rings. The normalized spacial score (nSPS) is 42.3. The highest BCUT2D eigenvalue weighted by atomic mass is 16.6. The van der Waals surface area contributed by atoms with Crippen LogP contribution < -0.4 is 9.36 Å². The van der Waals surface area contributed by atoms with Crippen LogP contribution in [0, 0.1) is 92.7 Å². The van der Waals surface area contributed by atoms with Crippen LogP contribution in [-0.2, 0) is 88.0 Å². The highest BCUT2D eigenvalue weighted by Crippen LogP contribution is 2.71. The fraction of sp³-hybridized carbons (Fsp3) is 0.871. The number of carbonyl (C=O) groups excluding carboxylic acids is 4. The highest BCUT2D eigenvalue weighted by molar-refractivity contribution is 5.69. The van der Waals surface area contributed by atoms with E-state index in [0.29, 0.717) is 85.2 Å². The van der Waals surface area contributed by atoms with Crippen molar-refractivity contribution in [2.45, 2.75) is 221 Å². The summed E-state index contributed by atoms with van der Waals surface area (Å²) >= 11 is 0. The van der Waals surface area contributed by atoms with Crippen molar-refractivity contribution < 1.29 is 57.0 Å². The molecule has 2 aromatic heterocycles. The maximum atomic E-state index is 14.5. The van der Waals surface area contributed by atoms with E-state index in [4.69, 9.17) is 38.8 Å². The number of aromatic nitrogens is 6. The maximum absolute atomic E-state index is 14.5. The molecule has 0 N–H and O–H groups in total. The summed E-state index contributed by atoms with van der Waals surface area (Å²) in [4.78, 5) is 53.8. The Balaban J connectivity index is 0.871. The van der Waals surface area contributed by atoms with Gasteiger partial charge in [0.15, 0.2) is 23.8 Å². The van der Waals surface area contributed by atoms with Gasteiger partial charge in [0.2, 0.25) is 13.1 Å². The Kier molecular flexibility index (Phi) is 15.6. The van der Waals surface area contributed by atoms with E-state index in [2.05, 4.69) is 41.5 Å². The second-order valence-corrected chi connectivity index (χ2v) is 28.1. The van der Waals surface area contributed by atoms with Gasteiger partial charge in [-0.15, -0.1) is 18.7 Å². The van der Waals surface area contributed by atoms with Crippen LogP contribution in [0.4, 0.5) is 0 Å². The molecule has 16 heteroatoms. The summed E-state index contributed by atoms with van der Waals surface area (Å²) < 4.78 is 44.9. The van der Waals surface area contributed by atoms with Gasteiger partial charge in [-0.2, -0.15) is 0 Å². The van der Waals surface area contributed by atoms with Crippen molar-refractivity contribution in [2.24, 2.45) is 107 Å². The molecule has 8 saturated carbocycles. The van der Waals surface area contributed by atoms with Crippen molar-refractivity contribution in [1.82, 2.24) is 19.8 Å². The summed E-state index contributed by atoms with van der Waals surface area (Å²) in [6.07, 6.45) is 22.8. The molecule has 4 aliphatic heterocycles. The Morgan fingerprint density at radius 1 is 0.603 bits per heavy atom. The van der Waals surface area contributed by atoms with E-state index in [1.54, 1.807) is 9.36 Å². The van der Waals surface area contributed by atoms with Gasteiger partial charge in [0.25, 0.3) is 0 Å². The molecule has 0 aromatic carbocycles. The number of rotatable bonds is 8. The van der Waals surface area contributed by atoms with Crippen molar-refractivity contribution in [3.8, 4) is 0 Å². The molecule has 0 saturated heterocycles. The molecule has 6 heterocycles. The summed E-state index contributed by atoms with van der Waals surface area (Å²) in [6.45, 7) is 15.5. The highest BCUT2D eigenvalue weighted by Gasteiger charge is 2.67. The predicted octanol–water partition coefficient (Wildman–Crippen LogP) is 8.75. The number of hydrogen-bond donors (Lipinski definition) is 0. The topological polar surface area (TPSA) is 167 Å². The Labute approximate surface area is 464 Å². The molecule has 8 aliphatic carbocycles.